The van der Waals surface area contributed by atoms with Crippen molar-refractivity contribution >= 4 is 5.97 Å². The maximum Gasteiger partial charge on any atom is 0.308 e. The predicted octanol–water partition coefficient (Wildman–Crippen LogP) is 7.98. The Hall–Kier alpha value is -2.33. The van der Waals surface area contributed by atoms with E-state index in [0.29, 0.717) is 19.6 Å². The van der Waals surface area contributed by atoms with Gasteiger partial charge in [-0.2, -0.15) is 0 Å². The van der Waals surface area contributed by atoms with E-state index in [4.69, 9.17) is 9.47 Å². The van der Waals surface area contributed by atoms with Crippen LogP contribution in [-0.2, 0) is 22.5 Å². The van der Waals surface area contributed by atoms with Gasteiger partial charge in [0.05, 0.1) is 39.8 Å². The zero-order valence-corrected chi connectivity index (χ0v) is 24.1. The normalized spacial score (nSPS) is 12.3. The third-order valence-electron chi connectivity index (χ3n) is 7.04. The van der Waals surface area contributed by atoms with Crippen LogP contribution in [-0.4, -0.2) is 44.3 Å². The molecule has 0 N–H and O–H groups in total. The molecule has 1 unspecified atom stereocenters. The third kappa shape index (κ3) is 14.3. The van der Waals surface area contributed by atoms with Crippen LogP contribution in [0.1, 0.15) is 89.2 Å². The fraction of sp³-hybridized carbons (Fsp3) is 0.606. The molecule has 37 heavy (non-hydrogen) atoms. The van der Waals surface area contributed by atoms with Gasteiger partial charge in [-0.3, -0.25) is 4.79 Å². The standard InChI is InChI=1S/C33H52NO3/c1-5-6-7-8-9-10-11-13-18-30-21-16-22-32(27-30)36-25-17-26-37-33(35)29(2)23-24-34(3,4)28-31-19-14-12-15-20-31/h12,14-16,19-22,27,29H,5-11,13,17-18,23-26,28H2,1-4H3/q+1. The second kappa shape index (κ2) is 18.0. The molecule has 4 nitrogen and oxygen atoms in total. The number of carbonyl (C=O) groups is 1. The largest absolute Gasteiger partial charge is 0.493 e. The van der Waals surface area contributed by atoms with Crippen molar-refractivity contribution in [2.45, 2.75) is 91.0 Å². The fourth-order valence-corrected chi connectivity index (χ4v) is 4.64. The number of benzene rings is 2. The zero-order chi connectivity index (χ0) is 26.8. The SMILES string of the molecule is CCCCCCCCCCc1cccc(OCCCOC(=O)C(C)CC[N+](C)(C)Cc2ccccc2)c1. The van der Waals surface area contributed by atoms with Crippen molar-refractivity contribution in [3.05, 3.63) is 65.7 Å². The molecule has 206 valence electrons. The third-order valence-corrected chi connectivity index (χ3v) is 7.04. The summed E-state index contributed by atoms with van der Waals surface area (Å²) >= 11 is 0. The molecule has 0 aliphatic rings. The summed E-state index contributed by atoms with van der Waals surface area (Å²) in [6.45, 7) is 7.10. The summed E-state index contributed by atoms with van der Waals surface area (Å²) in [7, 11) is 4.43. The number of quaternary nitrogens is 1. The Bertz CT molecular complexity index is 865. The van der Waals surface area contributed by atoms with E-state index in [1.165, 1.54) is 62.5 Å². The second-order valence-corrected chi connectivity index (χ2v) is 11.2. The highest BCUT2D eigenvalue weighted by Crippen LogP contribution is 2.17. The number of hydrogen-bond acceptors (Lipinski definition) is 3. The van der Waals surface area contributed by atoms with Crippen LogP contribution >= 0.6 is 0 Å². The summed E-state index contributed by atoms with van der Waals surface area (Å²) in [5, 5.41) is 0. The number of aryl methyl sites for hydroxylation is 1. The minimum Gasteiger partial charge on any atom is -0.493 e. The minimum absolute atomic E-state index is 0.0953. The van der Waals surface area contributed by atoms with Crippen LogP contribution in [0, 0.1) is 5.92 Å². The molecule has 2 aromatic carbocycles. The number of unbranched alkanes of at least 4 members (excludes halogenated alkanes) is 7. The molecule has 0 spiro atoms. The Morgan fingerprint density at radius 2 is 1.49 bits per heavy atom. The smallest absolute Gasteiger partial charge is 0.308 e. The molecule has 0 aromatic heterocycles. The predicted molar refractivity (Wildman–Crippen MR) is 155 cm³/mol. The average Bonchev–Trinajstić information content (AvgIpc) is 2.89. The molecule has 4 heteroatoms. The Morgan fingerprint density at radius 3 is 2.22 bits per heavy atom. The number of carbonyl (C=O) groups excluding carboxylic acids is 1. The lowest BCUT2D eigenvalue weighted by atomic mass is 10.0. The topological polar surface area (TPSA) is 35.5 Å². The first-order valence-corrected chi connectivity index (χ1v) is 14.6. The van der Waals surface area contributed by atoms with Crippen LogP contribution in [0.25, 0.3) is 0 Å². The van der Waals surface area contributed by atoms with Gasteiger partial charge in [0, 0.05) is 18.4 Å². The lowest BCUT2D eigenvalue weighted by Gasteiger charge is -2.30. The van der Waals surface area contributed by atoms with Crippen LogP contribution in [0.2, 0.25) is 0 Å². The van der Waals surface area contributed by atoms with Gasteiger partial charge in [0.25, 0.3) is 0 Å². The van der Waals surface area contributed by atoms with Gasteiger partial charge in [0.1, 0.15) is 12.3 Å². The van der Waals surface area contributed by atoms with Crippen molar-refractivity contribution in [2.24, 2.45) is 5.92 Å². The van der Waals surface area contributed by atoms with E-state index in [9.17, 15) is 4.79 Å². The number of rotatable bonds is 20. The molecule has 0 radical (unpaired) electrons. The molecule has 0 bridgehead atoms. The molecule has 2 aromatic rings. The van der Waals surface area contributed by atoms with Crippen molar-refractivity contribution in [3.63, 3.8) is 0 Å². The van der Waals surface area contributed by atoms with Gasteiger partial charge in [-0.1, -0.05) is 101 Å². The van der Waals surface area contributed by atoms with E-state index >= 15 is 0 Å². The number of esters is 1. The maximum absolute atomic E-state index is 12.4. The summed E-state index contributed by atoms with van der Waals surface area (Å²) in [6.07, 6.45) is 13.4. The van der Waals surface area contributed by atoms with Crippen molar-refractivity contribution in [2.75, 3.05) is 33.9 Å². The molecular weight excluding hydrogens is 458 g/mol. The highest BCUT2D eigenvalue weighted by Gasteiger charge is 2.21. The molecule has 1 atom stereocenters. The highest BCUT2D eigenvalue weighted by atomic mass is 16.5. The van der Waals surface area contributed by atoms with Crippen LogP contribution in [0.4, 0.5) is 0 Å². The fourth-order valence-electron chi connectivity index (χ4n) is 4.64. The van der Waals surface area contributed by atoms with Gasteiger partial charge in [0.15, 0.2) is 0 Å². The van der Waals surface area contributed by atoms with Gasteiger partial charge in [-0.15, -0.1) is 0 Å². The molecule has 2 rings (SSSR count). The molecule has 0 aliphatic heterocycles. The Balaban J connectivity index is 1.55. The Labute approximate surface area is 227 Å². The van der Waals surface area contributed by atoms with E-state index in [0.717, 1.165) is 36.2 Å². The van der Waals surface area contributed by atoms with Gasteiger partial charge >= 0.3 is 5.97 Å². The summed E-state index contributed by atoms with van der Waals surface area (Å²) in [5.41, 5.74) is 2.67. The van der Waals surface area contributed by atoms with E-state index in [1.54, 1.807) is 0 Å². The van der Waals surface area contributed by atoms with E-state index in [-0.39, 0.29) is 11.9 Å². The van der Waals surface area contributed by atoms with Crippen LogP contribution in [0.5, 0.6) is 5.75 Å². The van der Waals surface area contributed by atoms with Crippen molar-refractivity contribution in [1.82, 2.24) is 0 Å². The summed E-state index contributed by atoms with van der Waals surface area (Å²) in [6, 6.07) is 19.0. The molecule has 0 heterocycles. The summed E-state index contributed by atoms with van der Waals surface area (Å²) in [4.78, 5) is 12.4. The van der Waals surface area contributed by atoms with Gasteiger partial charge < -0.3 is 14.0 Å². The monoisotopic (exact) mass is 510 g/mol. The quantitative estimate of drug-likeness (QED) is 0.103. The maximum atomic E-state index is 12.4. The Kier molecular flexibility index (Phi) is 15.0. The molecule has 0 saturated heterocycles. The second-order valence-electron chi connectivity index (χ2n) is 11.2. The first-order chi connectivity index (χ1) is 17.9. The van der Waals surface area contributed by atoms with Crippen LogP contribution < -0.4 is 4.74 Å². The number of ether oxygens (including phenoxy) is 2. The minimum atomic E-state index is -0.105. The molecule has 0 saturated carbocycles. The first-order valence-electron chi connectivity index (χ1n) is 14.6. The van der Waals surface area contributed by atoms with Crippen molar-refractivity contribution in [1.29, 1.82) is 0 Å². The molecule has 0 amide bonds. The number of nitrogens with zero attached hydrogens (tertiary/aromatic N) is 1. The zero-order valence-electron chi connectivity index (χ0n) is 24.1. The van der Waals surface area contributed by atoms with E-state index in [2.05, 4.69) is 63.5 Å². The average molecular weight is 511 g/mol. The lowest BCUT2D eigenvalue weighted by molar-refractivity contribution is -0.904. The van der Waals surface area contributed by atoms with Crippen LogP contribution in [0.3, 0.4) is 0 Å². The van der Waals surface area contributed by atoms with Gasteiger partial charge in [-0.05, 0) is 30.5 Å². The highest BCUT2D eigenvalue weighted by molar-refractivity contribution is 5.71. The summed E-state index contributed by atoms with van der Waals surface area (Å²) < 4.78 is 12.3. The van der Waals surface area contributed by atoms with E-state index in [1.807, 2.05) is 19.1 Å². The summed E-state index contributed by atoms with van der Waals surface area (Å²) in [5.74, 6) is 0.712. The molecule has 0 fully saturated rings. The van der Waals surface area contributed by atoms with Crippen molar-refractivity contribution in [3.8, 4) is 5.75 Å². The first kappa shape index (κ1) is 30.9. The number of hydrogen-bond donors (Lipinski definition) is 0. The molecule has 0 aliphatic carbocycles. The molecular formula is C33H52NO3+. The van der Waals surface area contributed by atoms with Crippen LogP contribution in [0.15, 0.2) is 54.6 Å². The van der Waals surface area contributed by atoms with Gasteiger partial charge in [0.2, 0.25) is 0 Å². The van der Waals surface area contributed by atoms with E-state index < -0.39 is 0 Å². The lowest BCUT2D eigenvalue weighted by Crippen LogP contribution is -2.40. The van der Waals surface area contributed by atoms with Gasteiger partial charge in [-0.25, -0.2) is 0 Å². The Morgan fingerprint density at radius 1 is 0.811 bits per heavy atom. The van der Waals surface area contributed by atoms with Crippen molar-refractivity contribution < 1.29 is 18.8 Å².